The zero-order chi connectivity index (χ0) is 24.8. The number of hydrogen-bond donors (Lipinski definition) is 1. The summed E-state index contributed by atoms with van der Waals surface area (Å²) in [5.74, 6) is 0.586. The monoisotopic (exact) mass is 496 g/mol. The lowest BCUT2D eigenvalue weighted by Gasteiger charge is -2.33. The van der Waals surface area contributed by atoms with Crippen LogP contribution in [0.3, 0.4) is 0 Å². The van der Waals surface area contributed by atoms with Gasteiger partial charge in [-0.25, -0.2) is 4.98 Å². The summed E-state index contributed by atoms with van der Waals surface area (Å²) < 4.78 is 0. The maximum absolute atomic E-state index is 13.2. The highest BCUT2D eigenvalue weighted by Crippen LogP contribution is 2.30. The molecule has 2 aliphatic heterocycles. The van der Waals surface area contributed by atoms with Crippen molar-refractivity contribution in [2.24, 2.45) is 5.92 Å². The summed E-state index contributed by atoms with van der Waals surface area (Å²) >= 11 is 1.48. The Morgan fingerprint density at radius 1 is 1.06 bits per heavy atom. The number of carbonyl (C=O) groups is 2. The molecule has 0 spiro atoms. The van der Waals surface area contributed by atoms with Crippen molar-refractivity contribution in [3.63, 3.8) is 0 Å². The molecule has 0 radical (unpaired) electrons. The number of nitrogens with zero attached hydrogens (tertiary/aromatic N) is 3. The lowest BCUT2D eigenvalue weighted by molar-refractivity contribution is -0.122. The molecule has 0 saturated carbocycles. The van der Waals surface area contributed by atoms with Crippen molar-refractivity contribution < 1.29 is 9.59 Å². The Morgan fingerprint density at radius 3 is 2.51 bits per heavy atom. The van der Waals surface area contributed by atoms with Gasteiger partial charge in [0.15, 0.2) is 0 Å². The smallest absolute Gasteiger partial charge is 0.265 e. The third-order valence-electron chi connectivity index (χ3n) is 7.55. The van der Waals surface area contributed by atoms with Crippen LogP contribution in [0.1, 0.15) is 72.8 Å². The Morgan fingerprint density at radius 2 is 1.80 bits per heavy atom. The summed E-state index contributed by atoms with van der Waals surface area (Å²) in [4.78, 5) is 35.5. The number of aromatic nitrogens is 1. The highest BCUT2D eigenvalue weighted by Gasteiger charge is 2.27. The van der Waals surface area contributed by atoms with Crippen LogP contribution in [-0.2, 0) is 4.79 Å². The molecule has 0 bridgehead atoms. The van der Waals surface area contributed by atoms with E-state index < -0.39 is 0 Å². The fourth-order valence-electron chi connectivity index (χ4n) is 5.23. The standard InChI is InChI=1S/C28H40N4O2S/c1-20-8-10-24(11-9-20)27-30-22(3)26(35-27)28(34)32-17-12-23(13-18-32)19-25(33)29-14-6-16-31-15-5-4-7-21(31)2/h8-11,21,23H,4-7,12-19H2,1-3H3,(H,29,33)/t21-/m1/s1. The molecule has 2 amide bonds. The lowest BCUT2D eigenvalue weighted by atomic mass is 9.93. The van der Waals surface area contributed by atoms with Gasteiger partial charge in [-0.1, -0.05) is 36.2 Å². The van der Waals surface area contributed by atoms with Gasteiger partial charge >= 0.3 is 0 Å². The molecule has 1 atom stereocenters. The van der Waals surface area contributed by atoms with E-state index >= 15 is 0 Å². The molecule has 1 aromatic carbocycles. The summed E-state index contributed by atoms with van der Waals surface area (Å²) in [6.45, 7) is 10.7. The van der Waals surface area contributed by atoms with Crippen molar-refractivity contribution in [3.05, 3.63) is 40.4 Å². The third kappa shape index (κ3) is 6.91. The van der Waals surface area contributed by atoms with Crippen molar-refractivity contribution in [2.75, 3.05) is 32.7 Å². The number of carbonyl (C=O) groups excluding carboxylic acids is 2. The van der Waals surface area contributed by atoms with Gasteiger partial charge in [0.2, 0.25) is 5.91 Å². The van der Waals surface area contributed by atoms with Crippen LogP contribution < -0.4 is 5.32 Å². The number of benzene rings is 1. The number of nitrogens with one attached hydrogen (secondary N) is 1. The molecule has 190 valence electrons. The van der Waals surface area contributed by atoms with E-state index in [9.17, 15) is 9.59 Å². The largest absolute Gasteiger partial charge is 0.356 e. The summed E-state index contributed by atoms with van der Waals surface area (Å²) in [5, 5.41) is 4.02. The van der Waals surface area contributed by atoms with Gasteiger partial charge in [-0.3, -0.25) is 9.59 Å². The van der Waals surface area contributed by atoms with Crippen LogP contribution in [0.25, 0.3) is 10.6 Å². The first-order valence-corrected chi connectivity index (χ1v) is 14.1. The average molecular weight is 497 g/mol. The molecular weight excluding hydrogens is 456 g/mol. The molecule has 4 rings (SSSR count). The first-order valence-electron chi connectivity index (χ1n) is 13.2. The van der Waals surface area contributed by atoms with Crippen LogP contribution in [-0.4, -0.2) is 65.4 Å². The van der Waals surface area contributed by atoms with Crippen molar-refractivity contribution in [3.8, 4) is 10.6 Å². The minimum Gasteiger partial charge on any atom is -0.356 e. The minimum absolute atomic E-state index is 0.0770. The van der Waals surface area contributed by atoms with E-state index in [-0.39, 0.29) is 11.8 Å². The van der Waals surface area contributed by atoms with Gasteiger partial charge in [0.1, 0.15) is 9.88 Å². The molecule has 0 aliphatic carbocycles. The van der Waals surface area contributed by atoms with Gasteiger partial charge in [-0.05, 0) is 65.3 Å². The molecule has 6 nitrogen and oxygen atoms in total. The number of rotatable bonds is 8. The summed E-state index contributed by atoms with van der Waals surface area (Å²) in [6.07, 6.45) is 7.29. The molecule has 3 heterocycles. The Hall–Kier alpha value is -2.25. The quantitative estimate of drug-likeness (QED) is 0.520. The minimum atomic E-state index is 0.0770. The molecule has 2 aromatic rings. The number of likely N-dealkylation sites (tertiary alicyclic amines) is 2. The first kappa shape index (κ1) is 25.8. The second kappa shape index (κ2) is 12.1. The maximum atomic E-state index is 13.2. The fraction of sp³-hybridized carbons (Fsp3) is 0.607. The zero-order valence-corrected chi connectivity index (χ0v) is 22.3. The van der Waals surface area contributed by atoms with Crippen LogP contribution in [0.5, 0.6) is 0 Å². The van der Waals surface area contributed by atoms with Crippen molar-refractivity contribution >= 4 is 23.2 Å². The summed E-state index contributed by atoms with van der Waals surface area (Å²) in [5.41, 5.74) is 3.07. The number of thiazole rings is 1. The molecule has 7 heteroatoms. The van der Waals surface area contributed by atoms with Gasteiger partial charge in [-0.2, -0.15) is 0 Å². The second-order valence-corrected chi connectivity index (χ2v) is 11.3. The predicted molar refractivity (Wildman–Crippen MR) is 143 cm³/mol. The molecule has 0 unspecified atom stereocenters. The van der Waals surface area contributed by atoms with E-state index in [1.54, 1.807) is 0 Å². The molecule has 2 fully saturated rings. The Bertz CT molecular complexity index is 995. The third-order valence-corrected chi connectivity index (χ3v) is 8.74. The van der Waals surface area contributed by atoms with E-state index in [0.29, 0.717) is 31.5 Å². The Kier molecular flexibility index (Phi) is 8.95. The second-order valence-electron chi connectivity index (χ2n) is 10.3. The number of amides is 2. The topological polar surface area (TPSA) is 65.5 Å². The number of piperidine rings is 2. The molecule has 1 aromatic heterocycles. The summed E-state index contributed by atoms with van der Waals surface area (Å²) in [6, 6.07) is 8.95. The van der Waals surface area contributed by atoms with Gasteiger partial charge < -0.3 is 15.1 Å². The van der Waals surface area contributed by atoms with Gasteiger partial charge in [0.05, 0.1) is 5.69 Å². The van der Waals surface area contributed by atoms with E-state index in [0.717, 1.165) is 53.5 Å². The van der Waals surface area contributed by atoms with E-state index in [2.05, 4.69) is 53.3 Å². The summed E-state index contributed by atoms with van der Waals surface area (Å²) in [7, 11) is 0. The first-order chi connectivity index (χ1) is 16.9. The highest BCUT2D eigenvalue weighted by molar-refractivity contribution is 7.17. The van der Waals surface area contributed by atoms with E-state index in [1.165, 1.54) is 42.7 Å². The van der Waals surface area contributed by atoms with E-state index in [4.69, 9.17) is 0 Å². The molecule has 35 heavy (non-hydrogen) atoms. The maximum Gasteiger partial charge on any atom is 0.265 e. The predicted octanol–water partition coefficient (Wildman–Crippen LogP) is 5.05. The molecule has 2 aliphatic rings. The molecule has 2 saturated heterocycles. The normalized spacial score (nSPS) is 19.6. The van der Waals surface area contributed by atoms with Gasteiger partial charge in [0, 0.05) is 44.2 Å². The Labute approximate surface area is 214 Å². The van der Waals surface area contributed by atoms with Gasteiger partial charge in [-0.15, -0.1) is 11.3 Å². The highest BCUT2D eigenvalue weighted by atomic mass is 32.1. The zero-order valence-electron chi connectivity index (χ0n) is 21.5. The average Bonchev–Trinajstić information content (AvgIpc) is 3.25. The van der Waals surface area contributed by atoms with Crippen molar-refractivity contribution in [1.29, 1.82) is 0 Å². The SMILES string of the molecule is Cc1ccc(-c2nc(C)c(C(=O)N3CCC(CC(=O)NCCCN4CCCC[C@H]4C)CC3)s2)cc1. The van der Waals surface area contributed by atoms with E-state index in [1.807, 2.05) is 11.8 Å². The van der Waals surface area contributed by atoms with Crippen LogP contribution in [0.4, 0.5) is 0 Å². The number of aryl methyl sites for hydroxylation is 2. The van der Waals surface area contributed by atoms with Crippen molar-refractivity contribution in [1.82, 2.24) is 20.1 Å². The Balaban J connectivity index is 1.19. The van der Waals surface area contributed by atoms with Gasteiger partial charge in [0.25, 0.3) is 5.91 Å². The van der Waals surface area contributed by atoms with Crippen molar-refractivity contribution in [2.45, 2.75) is 71.8 Å². The molecular formula is C28H40N4O2S. The van der Waals surface area contributed by atoms with Crippen LogP contribution in [0.2, 0.25) is 0 Å². The fourth-order valence-corrected chi connectivity index (χ4v) is 6.27. The lowest BCUT2D eigenvalue weighted by Crippen LogP contribution is -2.40. The van der Waals surface area contributed by atoms with Crippen LogP contribution in [0, 0.1) is 19.8 Å². The molecule has 1 N–H and O–H groups in total. The number of hydrogen-bond acceptors (Lipinski definition) is 5. The van der Waals surface area contributed by atoms with Crippen LogP contribution >= 0.6 is 11.3 Å². The van der Waals surface area contributed by atoms with Crippen LogP contribution in [0.15, 0.2) is 24.3 Å².